The Hall–Kier alpha value is -0.560. The van der Waals surface area contributed by atoms with E-state index in [1.54, 1.807) is 0 Å². The molecule has 3 unspecified atom stereocenters. The van der Waals surface area contributed by atoms with E-state index in [0.717, 1.165) is 38.0 Å². The van der Waals surface area contributed by atoms with Crippen LogP contribution in [0.4, 0.5) is 0 Å². The van der Waals surface area contributed by atoms with E-state index < -0.39 is 11.7 Å². The number of fused-ring (bicyclic) bond motifs is 5. The van der Waals surface area contributed by atoms with E-state index in [1.165, 1.54) is 12.8 Å². The molecule has 4 aliphatic rings. The quantitative estimate of drug-likeness (QED) is 0.601. The van der Waals surface area contributed by atoms with Crippen molar-refractivity contribution in [3.63, 3.8) is 0 Å². The Balaban J connectivity index is 1.62. The van der Waals surface area contributed by atoms with Gasteiger partial charge in [0.25, 0.3) is 0 Å². The molecule has 4 saturated carbocycles. The van der Waals surface area contributed by atoms with Crippen LogP contribution >= 0.6 is 0 Å². The standard InChI is InChI=1S/C20H30O3/c1-3-20(23)18(22)11-17-16-6-4-12-10-13(21)5-7-14(12)15(16)8-9-19(17,20)2/h1,12-18,21-23H,4-11H2,2H3/t12?,13?,14-,15+,16+,17-,18?,19-,20-/m0/s1. The van der Waals surface area contributed by atoms with Crippen LogP contribution < -0.4 is 0 Å². The van der Waals surface area contributed by atoms with Gasteiger partial charge < -0.3 is 15.3 Å². The summed E-state index contributed by atoms with van der Waals surface area (Å²) in [5.41, 5.74) is -1.70. The van der Waals surface area contributed by atoms with Crippen molar-refractivity contribution in [3.05, 3.63) is 0 Å². The van der Waals surface area contributed by atoms with Crippen LogP contribution in [-0.4, -0.2) is 33.1 Å². The molecule has 0 bridgehead atoms. The van der Waals surface area contributed by atoms with Crippen molar-refractivity contribution < 1.29 is 15.3 Å². The predicted octanol–water partition coefficient (Wildman–Crippen LogP) is 2.34. The van der Waals surface area contributed by atoms with Crippen molar-refractivity contribution in [1.29, 1.82) is 0 Å². The molecule has 3 nitrogen and oxygen atoms in total. The van der Waals surface area contributed by atoms with Gasteiger partial charge in [-0.2, -0.15) is 0 Å². The summed E-state index contributed by atoms with van der Waals surface area (Å²) >= 11 is 0. The third-order valence-electron chi connectivity index (χ3n) is 8.37. The first-order valence-electron chi connectivity index (χ1n) is 9.47. The van der Waals surface area contributed by atoms with E-state index in [9.17, 15) is 15.3 Å². The van der Waals surface area contributed by atoms with Gasteiger partial charge in [0.15, 0.2) is 5.60 Å². The Labute approximate surface area is 139 Å². The summed E-state index contributed by atoms with van der Waals surface area (Å²) in [5, 5.41) is 31.4. The molecule has 0 aromatic carbocycles. The highest BCUT2D eigenvalue weighted by atomic mass is 16.3. The minimum atomic E-state index is -1.36. The average molecular weight is 318 g/mol. The van der Waals surface area contributed by atoms with E-state index in [0.29, 0.717) is 30.1 Å². The van der Waals surface area contributed by atoms with Crippen LogP contribution in [0.25, 0.3) is 0 Å². The predicted molar refractivity (Wildman–Crippen MR) is 88.3 cm³/mol. The molecule has 0 aliphatic heterocycles. The van der Waals surface area contributed by atoms with Gasteiger partial charge in [-0.3, -0.25) is 0 Å². The minimum absolute atomic E-state index is 0.0958. The second-order valence-electron chi connectivity index (χ2n) is 9.02. The third-order valence-corrected chi connectivity index (χ3v) is 8.37. The Bertz CT molecular complexity index is 525. The summed E-state index contributed by atoms with van der Waals surface area (Å²) in [6.45, 7) is 2.11. The molecule has 0 amide bonds. The molecule has 9 atom stereocenters. The Kier molecular flexibility index (Phi) is 3.61. The molecule has 23 heavy (non-hydrogen) atoms. The first-order valence-corrected chi connectivity index (χ1v) is 9.47. The lowest BCUT2D eigenvalue weighted by molar-refractivity contribution is -0.126. The zero-order valence-electron chi connectivity index (χ0n) is 14.1. The maximum Gasteiger partial charge on any atom is 0.156 e. The largest absolute Gasteiger partial charge is 0.393 e. The Morgan fingerprint density at radius 2 is 1.70 bits per heavy atom. The Morgan fingerprint density at radius 3 is 2.43 bits per heavy atom. The van der Waals surface area contributed by atoms with Crippen molar-refractivity contribution in [3.8, 4) is 12.3 Å². The lowest BCUT2D eigenvalue weighted by Gasteiger charge is -2.56. The lowest BCUT2D eigenvalue weighted by Crippen LogP contribution is -2.55. The van der Waals surface area contributed by atoms with Gasteiger partial charge in [0, 0.05) is 5.41 Å². The summed E-state index contributed by atoms with van der Waals surface area (Å²) in [4.78, 5) is 0. The fourth-order valence-electron chi connectivity index (χ4n) is 7.11. The molecule has 0 radical (unpaired) electrons. The van der Waals surface area contributed by atoms with Crippen molar-refractivity contribution in [2.24, 2.45) is 35.0 Å². The first kappa shape index (κ1) is 15.9. The van der Waals surface area contributed by atoms with Gasteiger partial charge >= 0.3 is 0 Å². The summed E-state index contributed by atoms with van der Waals surface area (Å²) in [6.07, 6.45) is 12.9. The van der Waals surface area contributed by atoms with Gasteiger partial charge in [-0.05, 0) is 81.0 Å². The topological polar surface area (TPSA) is 60.7 Å². The van der Waals surface area contributed by atoms with Crippen LogP contribution in [0.1, 0.15) is 58.3 Å². The molecule has 4 aliphatic carbocycles. The van der Waals surface area contributed by atoms with Gasteiger partial charge in [-0.15, -0.1) is 6.42 Å². The van der Waals surface area contributed by atoms with E-state index in [1.807, 2.05) is 0 Å². The zero-order chi connectivity index (χ0) is 16.4. The highest BCUT2D eigenvalue weighted by molar-refractivity contribution is 5.26. The van der Waals surface area contributed by atoms with Crippen LogP contribution in [-0.2, 0) is 0 Å². The number of hydrogen-bond acceptors (Lipinski definition) is 3. The average Bonchev–Trinajstić information content (AvgIpc) is 2.75. The number of aliphatic hydroxyl groups is 3. The molecule has 3 N–H and O–H groups in total. The lowest BCUT2D eigenvalue weighted by atomic mass is 9.49. The molecule has 4 rings (SSSR count). The highest BCUT2D eigenvalue weighted by Crippen LogP contribution is 2.65. The molecular formula is C20H30O3. The molecule has 3 heteroatoms. The number of terminal acetylenes is 1. The first-order chi connectivity index (χ1) is 10.9. The van der Waals surface area contributed by atoms with E-state index in [4.69, 9.17) is 6.42 Å². The van der Waals surface area contributed by atoms with Gasteiger partial charge in [-0.1, -0.05) is 12.8 Å². The summed E-state index contributed by atoms with van der Waals surface area (Å²) in [5.74, 6) is 5.60. The van der Waals surface area contributed by atoms with Gasteiger partial charge in [0.2, 0.25) is 0 Å². The summed E-state index contributed by atoms with van der Waals surface area (Å²) < 4.78 is 0. The van der Waals surface area contributed by atoms with Crippen molar-refractivity contribution >= 4 is 0 Å². The smallest absolute Gasteiger partial charge is 0.156 e. The van der Waals surface area contributed by atoms with Gasteiger partial charge in [0.1, 0.15) is 0 Å². The SMILES string of the molecule is C#C[C@]1(O)C(O)C[C@H]2[C@@H]3CCC4CC(O)CC[C@@H]4[C@H]3CC[C@@]21C. The number of rotatable bonds is 0. The molecule has 0 heterocycles. The molecular weight excluding hydrogens is 288 g/mol. The molecule has 128 valence electrons. The van der Waals surface area contributed by atoms with Crippen molar-refractivity contribution in [1.82, 2.24) is 0 Å². The highest BCUT2D eigenvalue weighted by Gasteiger charge is 2.66. The van der Waals surface area contributed by atoms with E-state index >= 15 is 0 Å². The zero-order valence-corrected chi connectivity index (χ0v) is 14.1. The van der Waals surface area contributed by atoms with Crippen molar-refractivity contribution in [2.75, 3.05) is 0 Å². The second-order valence-corrected chi connectivity index (χ2v) is 9.02. The number of aliphatic hydroxyl groups excluding tert-OH is 2. The van der Waals surface area contributed by atoms with Crippen molar-refractivity contribution in [2.45, 2.75) is 76.1 Å². The van der Waals surface area contributed by atoms with E-state index in [-0.39, 0.29) is 11.5 Å². The molecule has 0 spiro atoms. The molecule has 0 saturated heterocycles. The fourth-order valence-corrected chi connectivity index (χ4v) is 7.11. The van der Waals surface area contributed by atoms with Crippen LogP contribution in [0.5, 0.6) is 0 Å². The maximum atomic E-state index is 11.0. The van der Waals surface area contributed by atoms with Gasteiger partial charge in [-0.25, -0.2) is 0 Å². The van der Waals surface area contributed by atoms with Crippen LogP contribution in [0.2, 0.25) is 0 Å². The maximum absolute atomic E-state index is 11.0. The molecule has 4 fully saturated rings. The van der Waals surface area contributed by atoms with Crippen LogP contribution in [0, 0.1) is 47.3 Å². The third kappa shape index (κ3) is 2.01. The summed E-state index contributed by atoms with van der Waals surface area (Å²) in [6, 6.07) is 0. The normalized spacial score (nSPS) is 58.7. The Morgan fingerprint density at radius 1 is 0.957 bits per heavy atom. The van der Waals surface area contributed by atoms with Crippen LogP contribution in [0.3, 0.4) is 0 Å². The molecule has 0 aromatic heterocycles. The summed E-state index contributed by atoms with van der Waals surface area (Å²) in [7, 11) is 0. The van der Waals surface area contributed by atoms with E-state index in [2.05, 4.69) is 12.8 Å². The fraction of sp³-hybridized carbons (Fsp3) is 0.900. The minimum Gasteiger partial charge on any atom is -0.393 e. The number of hydrogen-bond donors (Lipinski definition) is 3. The van der Waals surface area contributed by atoms with Crippen LogP contribution in [0.15, 0.2) is 0 Å². The second kappa shape index (κ2) is 5.22. The molecule has 0 aromatic rings. The van der Waals surface area contributed by atoms with Gasteiger partial charge in [0.05, 0.1) is 12.2 Å². The monoisotopic (exact) mass is 318 g/mol.